The predicted octanol–water partition coefficient (Wildman–Crippen LogP) is 3.76. The normalized spacial score (nSPS) is 10.4. The summed E-state index contributed by atoms with van der Waals surface area (Å²) >= 11 is 4.84. The first-order valence-electron chi connectivity index (χ1n) is 4.65. The summed E-state index contributed by atoms with van der Waals surface area (Å²) < 4.78 is 18.5. The molecule has 1 aromatic heterocycles. The lowest BCUT2D eigenvalue weighted by atomic mass is 10.2. The van der Waals surface area contributed by atoms with Crippen LogP contribution in [0.1, 0.15) is 10.6 Å². The Bertz CT molecular complexity index is 461. The van der Waals surface area contributed by atoms with Gasteiger partial charge in [0.2, 0.25) is 0 Å². The minimum absolute atomic E-state index is 0.254. The molecular weight excluding hydrogens is 293 g/mol. The van der Waals surface area contributed by atoms with Crippen molar-refractivity contribution in [3.8, 4) is 5.75 Å². The van der Waals surface area contributed by atoms with Crippen molar-refractivity contribution in [2.24, 2.45) is 0 Å². The van der Waals surface area contributed by atoms with Crippen LogP contribution < -0.4 is 4.74 Å². The van der Waals surface area contributed by atoms with Crippen molar-refractivity contribution >= 4 is 27.3 Å². The second-order valence-corrected chi connectivity index (χ2v) is 4.64. The highest BCUT2D eigenvalue weighted by atomic mass is 79.9. The summed E-state index contributed by atoms with van der Waals surface area (Å²) in [6.45, 7) is 0.420. The molecule has 84 valence electrons. The van der Waals surface area contributed by atoms with Crippen LogP contribution in [0, 0.1) is 5.82 Å². The highest BCUT2D eigenvalue weighted by Gasteiger charge is 2.05. The Kier molecular flexibility index (Phi) is 3.90. The van der Waals surface area contributed by atoms with Crippen molar-refractivity contribution in [3.63, 3.8) is 0 Å². The first kappa shape index (κ1) is 11.5. The predicted molar refractivity (Wildman–Crippen MR) is 65.5 cm³/mol. The lowest BCUT2D eigenvalue weighted by Crippen LogP contribution is -1.97. The van der Waals surface area contributed by atoms with Crippen molar-refractivity contribution in [2.45, 2.75) is 11.9 Å². The third kappa shape index (κ3) is 2.80. The largest absolute Gasteiger partial charge is 0.486 e. The molecule has 0 aliphatic rings. The maximum atomic E-state index is 13.0. The SMILES string of the molecule is Fc1ccc(OCc2nccs2)c(CBr)c1. The second kappa shape index (κ2) is 5.41. The minimum Gasteiger partial charge on any atom is -0.486 e. The van der Waals surface area contributed by atoms with Gasteiger partial charge in [-0.05, 0) is 18.2 Å². The zero-order valence-corrected chi connectivity index (χ0v) is 10.7. The molecule has 1 heterocycles. The van der Waals surface area contributed by atoms with Gasteiger partial charge in [0, 0.05) is 22.5 Å². The number of hydrogen-bond donors (Lipinski definition) is 0. The van der Waals surface area contributed by atoms with E-state index in [4.69, 9.17) is 4.74 Å². The van der Waals surface area contributed by atoms with Crippen molar-refractivity contribution in [3.05, 3.63) is 46.2 Å². The fourth-order valence-corrected chi connectivity index (χ4v) is 2.22. The highest BCUT2D eigenvalue weighted by molar-refractivity contribution is 9.08. The molecule has 0 unspecified atom stereocenters. The molecule has 0 saturated heterocycles. The van der Waals surface area contributed by atoms with E-state index in [-0.39, 0.29) is 5.82 Å². The standard InChI is InChI=1S/C11H9BrFNOS/c12-6-8-5-9(13)1-2-10(8)15-7-11-14-3-4-16-11/h1-5H,6-7H2. The van der Waals surface area contributed by atoms with Gasteiger partial charge in [-0.3, -0.25) is 0 Å². The number of aromatic nitrogens is 1. The number of ether oxygens (including phenoxy) is 1. The van der Waals surface area contributed by atoms with Gasteiger partial charge in [0.25, 0.3) is 0 Å². The molecule has 0 amide bonds. The van der Waals surface area contributed by atoms with E-state index in [0.717, 1.165) is 10.6 Å². The van der Waals surface area contributed by atoms with Gasteiger partial charge in [-0.15, -0.1) is 11.3 Å². The summed E-state index contributed by atoms with van der Waals surface area (Å²) in [6.07, 6.45) is 1.74. The maximum Gasteiger partial charge on any atom is 0.140 e. The average molecular weight is 302 g/mol. The van der Waals surface area contributed by atoms with E-state index >= 15 is 0 Å². The molecular formula is C11H9BrFNOS. The summed E-state index contributed by atoms with van der Waals surface area (Å²) in [4.78, 5) is 4.11. The van der Waals surface area contributed by atoms with E-state index in [1.165, 1.54) is 23.5 Å². The van der Waals surface area contributed by atoms with Crippen molar-refractivity contribution in [1.29, 1.82) is 0 Å². The van der Waals surface area contributed by atoms with Gasteiger partial charge in [0.15, 0.2) is 0 Å². The summed E-state index contributed by atoms with van der Waals surface area (Å²) in [7, 11) is 0. The van der Waals surface area contributed by atoms with Crippen LogP contribution in [0.25, 0.3) is 0 Å². The van der Waals surface area contributed by atoms with Crippen LogP contribution in [-0.4, -0.2) is 4.98 Å². The molecule has 0 radical (unpaired) electrons. The number of rotatable bonds is 4. The zero-order valence-electron chi connectivity index (χ0n) is 8.32. The molecule has 0 atom stereocenters. The van der Waals surface area contributed by atoms with E-state index < -0.39 is 0 Å². The molecule has 0 aliphatic heterocycles. The Morgan fingerprint density at radius 1 is 1.44 bits per heavy atom. The van der Waals surface area contributed by atoms with Crippen molar-refractivity contribution in [1.82, 2.24) is 4.98 Å². The molecule has 2 nitrogen and oxygen atoms in total. The van der Waals surface area contributed by atoms with E-state index in [1.54, 1.807) is 12.3 Å². The molecule has 0 fully saturated rings. The molecule has 16 heavy (non-hydrogen) atoms. The van der Waals surface area contributed by atoms with Gasteiger partial charge in [-0.25, -0.2) is 9.37 Å². The second-order valence-electron chi connectivity index (χ2n) is 3.10. The quantitative estimate of drug-likeness (QED) is 0.802. The molecule has 5 heteroatoms. The number of thiazole rings is 1. The highest BCUT2D eigenvalue weighted by Crippen LogP contribution is 2.23. The molecule has 0 N–H and O–H groups in total. The third-order valence-corrected chi connectivity index (χ3v) is 3.36. The van der Waals surface area contributed by atoms with Crippen LogP contribution in [0.4, 0.5) is 4.39 Å². The Labute approximate surface area is 105 Å². The molecule has 0 bridgehead atoms. The fraction of sp³-hybridized carbons (Fsp3) is 0.182. The number of hydrogen-bond acceptors (Lipinski definition) is 3. The molecule has 2 rings (SSSR count). The van der Waals surface area contributed by atoms with E-state index in [0.29, 0.717) is 17.7 Å². The van der Waals surface area contributed by atoms with Gasteiger partial charge < -0.3 is 4.74 Å². The Balaban J connectivity index is 2.09. The number of benzene rings is 1. The molecule has 0 saturated carbocycles. The number of alkyl halides is 1. The zero-order chi connectivity index (χ0) is 11.4. The van der Waals surface area contributed by atoms with Crippen LogP contribution in [0.15, 0.2) is 29.8 Å². The van der Waals surface area contributed by atoms with E-state index in [2.05, 4.69) is 20.9 Å². The van der Waals surface area contributed by atoms with Crippen molar-refractivity contribution < 1.29 is 9.13 Å². The summed E-state index contributed by atoms with van der Waals surface area (Å²) in [5.41, 5.74) is 0.802. The van der Waals surface area contributed by atoms with Crippen LogP contribution in [0.3, 0.4) is 0 Å². The minimum atomic E-state index is -0.254. The molecule has 2 aromatic rings. The number of halogens is 2. The fourth-order valence-electron chi connectivity index (χ4n) is 1.26. The lowest BCUT2D eigenvalue weighted by molar-refractivity contribution is 0.303. The van der Waals surface area contributed by atoms with Gasteiger partial charge in [-0.2, -0.15) is 0 Å². The van der Waals surface area contributed by atoms with Crippen LogP contribution in [0.5, 0.6) is 5.75 Å². The van der Waals surface area contributed by atoms with E-state index in [1.807, 2.05) is 5.38 Å². The maximum absolute atomic E-state index is 13.0. The number of nitrogens with zero attached hydrogens (tertiary/aromatic N) is 1. The average Bonchev–Trinajstić information content (AvgIpc) is 2.80. The first-order chi connectivity index (χ1) is 7.79. The Hall–Kier alpha value is -0.940. The van der Waals surface area contributed by atoms with Crippen LogP contribution in [0.2, 0.25) is 0 Å². The summed E-state index contributed by atoms with van der Waals surface area (Å²) in [6, 6.07) is 4.49. The van der Waals surface area contributed by atoms with Gasteiger partial charge in [0.05, 0.1) is 0 Å². The first-order valence-corrected chi connectivity index (χ1v) is 6.65. The van der Waals surface area contributed by atoms with Crippen molar-refractivity contribution in [2.75, 3.05) is 0 Å². The lowest BCUT2D eigenvalue weighted by Gasteiger charge is -2.08. The summed E-state index contributed by atoms with van der Waals surface area (Å²) in [5.74, 6) is 0.435. The monoisotopic (exact) mass is 301 g/mol. The Morgan fingerprint density at radius 3 is 3.00 bits per heavy atom. The van der Waals surface area contributed by atoms with Crippen LogP contribution in [-0.2, 0) is 11.9 Å². The topological polar surface area (TPSA) is 22.1 Å². The smallest absolute Gasteiger partial charge is 0.140 e. The van der Waals surface area contributed by atoms with Crippen LogP contribution >= 0.6 is 27.3 Å². The van der Waals surface area contributed by atoms with Gasteiger partial charge in [-0.1, -0.05) is 15.9 Å². The summed E-state index contributed by atoms with van der Waals surface area (Å²) in [5, 5.41) is 3.37. The van der Waals surface area contributed by atoms with Gasteiger partial charge >= 0.3 is 0 Å². The molecule has 0 aliphatic carbocycles. The molecule has 0 spiro atoms. The molecule has 1 aromatic carbocycles. The van der Waals surface area contributed by atoms with E-state index in [9.17, 15) is 4.39 Å². The Morgan fingerprint density at radius 2 is 2.31 bits per heavy atom. The third-order valence-electron chi connectivity index (χ3n) is 2.00. The van der Waals surface area contributed by atoms with Gasteiger partial charge in [0.1, 0.15) is 23.2 Å².